The van der Waals surface area contributed by atoms with Crippen LogP contribution in [0.3, 0.4) is 0 Å². The Balaban J connectivity index is 1.28. The quantitative estimate of drug-likeness (QED) is 0.201. The van der Waals surface area contributed by atoms with Crippen LogP contribution in [0.1, 0.15) is 0 Å². The summed E-state index contributed by atoms with van der Waals surface area (Å²) in [6, 6.07) is 57.7. The van der Waals surface area contributed by atoms with Crippen LogP contribution >= 0.6 is 0 Å². The van der Waals surface area contributed by atoms with E-state index in [1.807, 2.05) is 24.3 Å². The maximum atomic E-state index is 10.6. The van der Waals surface area contributed by atoms with Crippen molar-refractivity contribution in [3.63, 3.8) is 0 Å². The molecule has 0 aliphatic rings. The highest BCUT2D eigenvalue weighted by molar-refractivity contribution is 6.27. The number of hydrogen-bond acceptors (Lipinski definition) is 2. The number of phenolic OH excluding ortho intramolecular Hbond substituents is 1. The van der Waals surface area contributed by atoms with Gasteiger partial charge in [-0.2, -0.15) is 0 Å². The SMILES string of the molecule is Oc1cccc2ccc(-c3ccc4cccc(-c5c6ccccc6c(-c6cccc7oc8ccccc8c67)c6ccccc56)c4c3)cc12. The molecule has 0 bridgehead atoms. The van der Waals surface area contributed by atoms with Crippen LogP contribution in [0.25, 0.3) is 98.4 Å². The Morgan fingerprint density at radius 3 is 1.54 bits per heavy atom. The monoisotopic (exact) mass is 612 g/mol. The Bertz CT molecular complexity index is 2850. The number of aromatic hydroxyl groups is 1. The van der Waals surface area contributed by atoms with Crippen LogP contribution in [0.15, 0.2) is 168 Å². The Morgan fingerprint density at radius 2 is 0.854 bits per heavy atom. The molecule has 0 aliphatic heterocycles. The van der Waals surface area contributed by atoms with E-state index < -0.39 is 0 Å². The van der Waals surface area contributed by atoms with Crippen molar-refractivity contribution < 1.29 is 9.52 Å². The second-order valence-corrected chi connectivity index (χ2v) is 12.6. The normalized spacial score (nSPS) is 11.8. The van der Waals surface area contributed by atoms with E-state index in [-0.39, 0.29) is 0 Å². The molecule has 48 heavy (non-hydrogen) atoms. The van der Waals surface area contributed by atoms with Gasteiger partial charge in [-0.1, -0.05) is 133 Å². The van der Waals surface area contributed by atoms with Crippen molar-refractivity contribution in [2.45, 2.75) is 0 Å². The Morgan fingerprint density at radius 1 is 0.354 bits per heavy atom. The van der Waals surface area contributed by atoms with Gasteiger partial charge in [-0.3, -0.25) is 0 Å². The van der Waals surface area contributed by atoms with Crippen molar-refractivity contribution in [2.24, 2.45) is 0 Å². The van der Waals surface area contributed by atoms with E-state index in [9.17, 15) is 5.11 Å². The second-order valence-electron chi connectivity index (χ2n) is 12.6. The first-order valence-electron chi connectivity index (χ1n) is 16.3. The number of phenols is 1. The summed E-state index contributed by atoms with van der Waals surface area (Å²) >= 11 is 0. The molecule has 2 heteroatoms. The van der Waals surface area contributed by atoms with Gasteiger partial charge < -0.3 is 9.52 Å². The molecule has 0 saturated heterocycles. The van der Waals surface area contributed by atoms with E-state index in [0.29, 0.717) is 5.75 Å². The topological polar surface area (TPSA) is 33.4 Å². The molecular formula is C46H28O2. The van der Waals surface area contributed by atoms with Crippen molar-refractivity contribution in [1.82, 2.24) is 0 Å². The van der Waals surface area contributed by atoms with E-state index in [1.165, 1.54) is 54.6 Å². The molecule has 9 aromatic carbocycles. The second kappa shape index (κ2) is 10.3. The summed E-state index contributed by atoms with van der Waals surface area (Å²) in [4.78, 5) is 0. The van der Waals surface area contributed by atoms with Crippen molar-refractivity contribution in [3.8, 4) is 39.1 Å². The molecule has 10 rings (SSSR count). The van der Waals surface area contributed by atoms with Gasteiger partial charge in [-0.05, 0) is 101 Å². The molecular weight excluding hydrogens is 585 g/mol. The van der Waals surface area contributed by atoms with E-state index >= 15 is 0 Å². The van der Waals surface area contributed by atoms with E-state index in [2.05, 4.69) is 133 Å². The molecule has 0 amide bonds. The number of rotatable bonds is 3. The van der Waals surface area contributed by atoms with Crippen LogP contribution in [-0.4, -0.2) is 5.11 Å². The molecule has 0 spiro atoms. The van der Waals surface area contributed by atoms with Crippen LogP contribution in [0.5, 0.6) is 5.75 Å². The Labute approximate surface area is 276 Å². The number of benzene rings is 9. The van der Waals surface area contributed by atoms with Gasteiger partial charge in [0.25, 0.3) is 0 Å². The number of para-hydroxylation sites is 1. The van der Waals surface area contributed by atoms with Crippen LogP contribution in [-0.2, 0) is 0 Å². The van der Waals surface area contributed by atoms with Crippen molar-refractivity contribution in [3.05, 3.63) is 164 Å². The minimum Gasteiger partial charge on any atom is -0.507 e. The molecule has 10 aromatic rings. The van der Waals surface area contributed by atoms with Gasteiger partial charge in [0.05, 0.1) is 0 Å². The van der Waals surface area contributed by atoms with Gasteiger partial charge in [0.1, 0.15) is 16.9 Å². The molecule has 0 saturated carbocycles. The standard InChI is InChI=1S/C46H28O2/c47-41-19-8-11-29-23-25-31(27-40(29)41)30-24-22-28-10-7-17-36(39(28)26-30)44-32-12-1-3-14-34(32)45(35-15-4-2-13-33(35)44)38-18-9-21-43-46(38)37-16-5-6-20-42(37)48-43/h1-27,47H. The first-order chi connectivity index (χ1) is 23.7. The van der Waals surface area contributed by atoms with Gasteiger partial charge in [0.2, 0.25) is 0 Å². The maximum absolute atomic E-state index is 10.6. The third-order valence-corrected chi connectivity index (χ3v) is 9.95. The molecule has 0 atom stereocenters. The van der Waals surface area contributed by atoms with Gasteiger partial charge in [-0.25, -0.2) is 0 Å². The predicted molar refractivity (Wildman–Crippen MR) is 202 cm³/mol. The Hall–Kier alpha value is -6.38. The lowest BCUT2D eigenvalue weighted by molar-refractivity contribution is 0.481. The molecule has 0 fully saturated rings. The fourth-order valence-electron chi connectivity index (χ4n) is 7.80. The lowest BCUT2D eigenvalue weighted by Gasteiger charge is -2.19. The third kappa shape index (κ3) is 3.93. The predicted octanol–water partition coefficient (Wildman–Crippen LogP) is 12.9. The fraction of sp³-hybridized carbons (Fsp3) is 0. The zero-order valence-electron chi connectivity index (χ0n) is 25.9. The summed E-state index contributed by atoms with van der Waals surface area (Å²) in [5.74, 6) is 0.299. The summed E-state index contributed by atoms with van der Waals surface area (Å²) < 4.78 is 6.34. The van der Waals surface area contributed by atoms with Crippen molar-refractivity contribution in [2.75, 3.05) is 0 Å². The smallest absolute Gasteiger partial charge is 0.136 e. The van der Waals surface area contributed by atoms with E-state index in [1.54, 1.807) is 6.07 Å². The maximum Gasteiger partial charge on any atom is 0.136 e. The molecule has 224 valence electrons. The van der Waals surface area contributed by atoms with Gasteiger partial charge in [0.15, 0.2) is 0 Å². The van der Waals surface area contributed by atoms with Gasteiger partial charge >= 0.3 is 0 Å². The lowest BCUT2D eigenvalue weighted by atomic mass is 9.83. The average Bonchev–Trinajstić information content (AvgIpc) is 3.53. The molecule has 1 heterocycles. The minimum absolute atomic E-state index is 0.299. The fourth-order valence-corrected chi connectivity index (χ4v) is 7.80. The molecule has 0 aliphatic carbocycles. The van der Waals surface area contributed by atoms with Gasteiger partial charge in [-0.15, -0.1) is 0 Å². The Kier molecular flexibility index (Phi) is 5.76. The molecule has 1 aromatic heterocycles. The summed E-state index contributed by atoms with van der Waals surface area (Å²) in [7, 11) is 0. The van der Waals surface area contributed by atoms with Crippen molar-refractivity contribution >= 4 is 65.0 Å². The largest absolute Gasteiger partial charge is 0.507 e. The molecule has 0 radical (unpaired) electrons. The summed E-state index contributed by atoms with van der Waals surface area (Å²) in [6.45, 7) is 0. The van der Waals surface area contributed by atoms with E-state index in [4.69, 9.17) is 4.42 Å². The number of furan rings is 1. The summed E-state index contributed by atoms with van der Waals surface area (Å²) in [5.41, 5.74) is 8.81. The number of fused-ring (bicyclic) bond motifs is 7. The average molecular weight is 613 g/mol. The molecule has 2 nitrogen and oxygen atoms in total. The summed E-state index contributed by atoms with van der Waals surface area (Å²) in [6.07, 6.45) is 0. The van der Waals surface area contributed by atoms with Crippen LogP contribution in [0.4, 0.5) is 0 Å². The van der Waals surface area contributed by atoms with E-state index in [0.717, 1.165) is 43.8 Å². The zero-order valence-corrected chi connectivity index (χ0v) is 25.9. The van der Waals surface area contributed by atoms with Gasteiger partial charge in [0, 0.05) is 16.2 Å². The molecule has 1 N–H and O–H groups in total. The van der Waals surface area contributed by atoms with Crippen LogP contribution in [0, 0.1) is 0 Å². The number of hydrogen-bond donors (Lipinski definition) is 1. The highest BCUT2D eigenvalue weighted by Gasteiger charge is 2.21. The highest BCUT2D eigenvalue weighted by Crippen LogP contribution is 2.48. The molecule has 0 unspecified atom stereocenters. The highest BCUT2D eigenvalue weighted by atomic mass is 16.3. The zero-order chi connectivity index (χ0) is 31.8. The first kappa shape index (κ1) is 26.8. The third-order valence-electron chi connectivity index (χ3n) is 9.95. The van der Waals surface area contributed by atoms with Crippen molar-refractivity contribution in [1.29, 1.82) is 0 Å². The first-order valence-corrected chi connectivity index (χ1v) is 16.3. The van der Waals surface area contributed by atoms with Crippen LogP contribution in [0.2, 0.25) is 0 Å². The lowest BCUT2D eigenvalue weighted by Crippen LogP contribution is -1.92. The minimum atomic E-state index is 0.299. The van der Waals surface area contributed by atoms with Crippen LogP contribution < -0.4 is 0 Å². The summed E-state index contributed by atoms with van der Waals surface area (Å²) in [5, 5.41) is 22.0.